The van der Waals surface area contributed by atoms with Gasteiger partial charge in [-0.25, -0.2) is 0 Å². The van der Waals surface area contributed by atoms with Gasteiger partial charge in [-0.2, -0.15) is 18.4 Å². The first-order valence-electron chi connectivity index (χ1n) is 8.42. The molecule has 1 unspecified atom stereocenters. The summed E-state index contributed by atoms with van der Waals surface area (Å²) in [5, 5.41) is 8.65. The Hall–Kier alpha value is -2.39. The third-order valence-corrected chi connectivity index (χ3v) is 5.03. The molecule has 0 amide bonds. The van der Waals surface area contributed by atoms with E-state index in [1.165, 1.54) is 23.8 Å². The molecule has 0 aliphatic carbocycles. The van der Waals surface area contributed by atoms with E-state index < -0.39 is 11.7 Å². The summed E-state index contributed by atoms with van der Waals surface area (Å²) in [6.07, 6.45) is -0.472. The molecule has 2 aromatic rings. The minimum Gasteiger partial charge on any atom is -0.493 e. The van der Waals surface area contributed by atoms with Crippen LogP contribution in [0.25, 0.3) is 0 Å². The number of halogens is 3. The SMILES string of the molecule is Cc1cccc(SCC(CC=CC#N)COc2ccc(C(F)(F)F)cc2)c1. The predicted molar refractivity (Wildman–Crippen MR) is 102 cm³/mol. The molecule has 6 heteroatoms. The van der Waals surface area contributed by atoms with Crippen molar-refractivity contribution in [3.63, 3.8) is 0 Å². The molecular weight excluding hydrogens is 371 g/mol. The van der Waals surface area contributed by atoms with Gasteiger partial charge in [0.1, 0.15) is 5.75 Å². The van der Waals surface area contributed by atoms with Crippen LogP contribution in [0.15, 0.2) is 65.6 Å². The molecule has 0 aromatic heterocycles. The monoisotopic (exact) mass is 391 g/mol. The Morgan fingerprint density at radius 3 is 2.56 bits per heavy atom. The summed E-state index contributed by atoms with van der Waals surface area (Å²) in [7, 11) is 0. The molecular formula is C21H20F3NOS. The van der Waals surface area contributed by atoms with Crippen molar-refractivity contribution in [1.29, 1.82) is 5.26 Å². The molecule has 2 aromatic carbocycles. The molecule has 0 fully saturated rings. The van der Waals surface area contributed by atoms with Crippen molar-refractivity contribution in [2.45, 2.75) is 24.4 Å². The Morgan fingerprint density at radius 2 is 1.93 bits per heavy atom. The number of hydrogen-bond acceptors (Lipinski definition) is 3. The van der Waals surface area contributed by atoms with Gasteiger partial charge in [0, 0.05) is 22.6 Å². The van der Waals surface area contributed by atoms with Crippen molar-refractivity contribution in [1.82, 2.24) is 0 Å². The first-order valence-corrected chi connectivity index (χ1v) is 9.41. The van der Waals surface area contributed by atoms with Gasteiger partial charge in [-0.15, -0.1) is 11.8 Å². The molecule has 0 bridgehead atoms. The number of hydrogen-bond donors (Lipinski definition) is 0. The number of rotatable bonds is 8. The molecule has 0 aliphatic rings. The smallest absolute Gasteiger partial charge is 0.416 e. The summed E-state index contributed by atoms with van der Waals surface area (Å²) in [5.74, 6) is 1.31. The van der Waals surface area contributed by atoms with Crippen molar-refractivity contribution in [2.75, 3.05) is 12.4 Å². The number of allylic oxidation sites excluding steroid dienone is 2. The molecule has 0 saturated heterocycles. The van der Waals surface area contributed by atoms with Crippen LogP contribution in [0.4, 0.5) is 13.2 Å². The van der Waals surface area contributed by atoms with Gasteiger partial charge in [-0.3, -0.25) is 0 Å². The second kappa shape index (κ2) is 10.1. The van der Waals surface area contributed by atoms with Gasteiger partial charge in [-0.1, -0.05) is 23.8 Å². The standard InChI is InChI=1S/C21H20F3NOS/c1-16-5-4-7-20(13-16)27-15-17(6-2-3-12-25)14-26-19-10-8-18(9-11-19)21(22,23)24/h2-5,7-11,13,17H,6,14-15H2,1H3. The number of nitriles is 1. The van der Waals surface area contributed by atoms with E-state index in [2.05, 4.69) is 6.07 Å². The Balaban J connectivity index is 1.95. The third kappa shape index (κ3) is 7.40. The molecule has 1 atom stereocenters. The van der Waals surface area contributed by atoms with Gasteiger partial charge in [0.05, 0.1) is 18.2 Å². The molecule has 0 heterocycles. The molecule has 2 rings (SSSR count). The molecule has 0 N–H and O–H groups in total. The first-order chi connectivity index (χ1) is 12.9. The van der Waals surface area contributed by atoms with Gasteiger partial charge in [0.15, 0.2) is 0 Å². The van der Waals surface area contributed by atoms with E-state index in [0.29, 0.717) is 18.8 Å². The van der Waals surface area contributed by atoms with E-state index in [9.17, 15) is 13.2 Å². The average Bonchev–Trinajstić information content (AvgIpc) is 2.63. The van der Waals surface area contributed by atoms with Crippen molar-refractivity contribution in [3.8, 4) is 11.8 Å². The lowest BCUT2D eigenvalue weighted by atomic mass is 10.1. The third-order valence-electron chi connectivity index (χ3n) is 3.80. The Morgan fingerprint density at radius 1 is 1.19 bits per heavy atom. The minimum atomic E-state index is -4.35. The quantitative estimate of drug-likeness (QED) is 0.393. The summed E-state index contributed by atoms with van der Waals surface area (Å²) in [5.41, 5.74) is 0.486. The van der Waals surface area contributed by atoms with Crippen LogP contribution >= 0.6 is 11.8 Å². The zero-order valence-electron chi connectivity index (χ0n) is 14.9. The predicted octanol–water partition coefficient (Wildman–Crippen LogP) is 6.27. The van der Waals surface area contributed by atoms with Crippen molar-refractivity contribution in [3.05, 3.63) is 71.8 Å². The number of ether oxygens (including phenoxy) is 1. The van der Waals surface area contributed by atoms with Crippen LogP contribution in [0.1, 0.15) is 17.5 Å². The maximum Gasteiger partial charge on any atom is 0.416 e. The Labute approximate surface area is 161 Å². The van der Waals surface area contributed by atoms with Crippen LogP contribution in [0.2, 0.25) is 0 Å². The van der Waals surface area contributed by atoms with Gasteiger partial charge in [0.2, 0.25) is 0 Å². The number of aryl methyl sites for hydroxylation is 1. The summed E-state index contributed by atoms with van der Waals surface area (Å²) in [6, 6.07) is 14.8. The zero-order valence-corrected chi connectivity index (χ0v) is 15.7. The van der Waals surface area contributed by atoms with Crippen LogP contribution in [0.3, 0.4) is 0 Å². The maximum atomic E-state index is 12.6. The molecule has 27 heavy (non-hydrogen) atoms. The number of alkyl halides is 3. The van der Waals surface area contributed by atoms with Crippen LogP contribution in [0.5, 0.6) is 5.75 Å². The second-order valence-corrected chi connectivity index (χ2v) is 7.19. The summed E-state index contributed by atoms with van der Waals surface area (Å²) in [6.45, 7) is 2.39. The highest BCUT2D eigenvalue weighted by atomic mass is 32.2. The fourth-order valence-corrected chi connectivity index (χ4v) is 3.48. The summed E-state index contributed by atoms with van der Waals surface area (Å²) < 4.78 is 43.5. The topological polar surface area (TPSA) is 33.0 Å². The number of thioether (sulfide) groups is 1. The molecule has 0 saturated carbocycles. The van der Waals surface area contributed by atoms with Crippen molar-refractivity contribution >= 4 is 11.8 Å². The van der Waals surface area contributed by atoms with Crippen LogP contribution in [-0.4, -0.2) is 12.4 Å². The summed E-state index contributed by atoms with van der Waals surface area (Å²) >= 11 is 1.70. The molecule has 0 aliphatic heterocycles. The van der Waals surface area contributed by atoms with E-state index in [-0.39, 0.29) is 5.92 Å². The highest BCUT2D eigenvalue weighted by Crippen LogP contribution is 2.30. The van der Waals surface area contributed by atoms with E-state index >= 15 is 0 Å². The maximum absolute atomic E-state index is 12.6. The van der Waals surface area contributed by atoms with Crippen molar-refractivity contribution < 1.29 is 17.9 Å². The van der Waals surface area contributed by atoms with Gasteiger partial charge in [-0.05, 0) is 49.7 Å². The Bertz CT molecular complexity index is 794. The van der Waals surface area contributed by atoms with Gasteiger partial charge < -0.3 is 4.74 Å². The lowest BCUT2D eigenvalue weighted by Gasteiger charge is -2.16. The van der Waals surface area contributed by atoms with Crippen LogP contribution in [0, 0.1) is 24.2 Å². The largest absolute Gasteiger partial charge is 0.493 e. The van der Waals surface area contributed by atoms with E-state index in [4.69, 9.17) is 10.00 Å². The van der Waals surface area contributed by atoms with E-state index in [0.717, 1.165) is 22.8 Å². The lowest BCUT2D eigenvalue weighted by Crippen LogP contribution is -2.14. The number of benzene rings is 2. The fourth-order valence-electron chi connectivity index (χ4n) is 2.37. The van der Waals surface area contributed by atoms with Crippen LogP contribution < -0.4 is 4.74 Å². The fraction of sp³-hybridized carbons (Fsp3) is 0.286. The zero-order chi connectivity index (χ0) is 19.7. The highest BCUT2D eigenvalue weighted by molar-refractivity contribution is 7.99. The second-order valence-electron chi connectivity index (χ2n) is 6.09. The van der Waals surface area contributed by atoms with E-state index in [1.807, 2.05) is 31.2 Å². The summed E-state index contributed by atoms with van der Waals surface area (Å²) in [4.78, 5) is 1.15. The van der Waals surface area contributed by atoms with E-state index in [1.54, 1.807) is 17.8 Å². The highest BCUT2D eigenvalue weighted by Gasteiger charge is 2.30. The molecule has 0 radical (unpaired) electrons. The molecule has 0 spiro atoms. The van der Waals surface area contributed by atoms with Gasteiger partial charge >= 0.3 is 6.18 Å². The normalized spacial score (nSPS) is 12.7. The number of nitrogens with zero attached hydrogens (tertiary/aromatic N) is 1. The van der Waals surface area contributed by atoms with Crippen molar-refractivity contribution in [2.24, 2.45) is 5.92 Å². The minimum absolute atomic E-state index is 0.127. The molecule has 2 nitrogen and oxygen atoms in total. The Kier molecular flexibility index (Phi) is 7.81. The average molecular weight is 391 g/mol. The van der Waals surface area contributed by atoms with Gasteiger partial charge in [0.25, 0.3) is 0 Å². The first kappa shape index (κ1) is 20.9. The lowest BCUT2D eigenvalue weighted by molar-refractivity contribution is -0.137. The van der Waals surface area contributed by atoms with Crippen LogP contribution in [-0.2, 0) is 6.18 Å². The molecule has 142 valence electrons.